The van der Waals surface area contributed by atoms with Crippen LogP contribution in [-0.2, 0) is 14.8 Å². The van der Waals surface area contributed by atoms with Gasteiger partial charge in [0.15, 0.2) is 0 Å². The van der Waals surface area contributed by atoms with E-state index in [1.54, 1.807) is 24.3 Å². The molecule has 1 heterocycles. The van der Waals surface area contributed by atoms with Gasteiger partial charge in [0.25, 0.3) is 5.91 Å². The fourth-order valence-electron chi connectivity index (χ4n) is 2.82. The Morgan fingerprint density at radius 3 is 2.64 bits per heavy atom. The number of sulfonamides is 1. The second-order valence-electron chi connectivity index (χ2n) is 6.03. The number of methoxy groups -OCH3 is 1. The summed E-state index contributed by atoms with van der Waals surface area (Å²) in [4.78, 5) is 12.4. The van der Waals surface area contributed by atoms with Crippen LogP contribution < -0.4 is 10.1 Å². The highest BCUT2D eigenvalue weighted by atomic mass is 32.2. The van der Waals surface area contributed by atoms with E-state index in [1.165, 1.54) is 29.6 Å². The summed E-state index contributed by atoms with van der Waals surface area (Å²) in [5.74, 6) is -0.257. The van der Waals surface area contributed by atoms with Crippen molar-refractivity contribution in [3.63, 3.8) is 0 Å². The maximum Gasteiger partial charge on any atom is 0.255 e. The van der Waals surface area contributed by atoms with Crippen LogP contribution in [0.1, 0.15) is 15.9 Å². The van der Waals surface area contributed by atoms with Crippen LogP contribution in [0, 0.1) is 11.3 Å². The molecule has 0 aliphatic carbocycles. The number of ether oxygens (including phenoxy) is 2. The number of benzene rings is 2. The van der Waals surface area contributed by atoms with Crippen molar-refractivity contribution in [1.82, 2.24) is 4.31 Å². The number of carbonyl (C=O) groups is 1. The number of amides is 1. The number of anilines is 1. The summed E-state index contributed by atoms with van der Waals surface area (Å²) in [6, 6.07) is 12.6. The van der Waals surface area contributed by atoms with Gasteiger partial charge in [-0.2, -0.15) is 9.57 Å². The van der Waals surface area contributed by atoms with Gasteiger partial charge in [-0.1, -0.05) is 6.07 Å². The van der Waals surface area contributed by atoms with Crippen LogP contribution in [0.25, 0.3) is 0 Å². The SMILES string of the molecule is COc1ccc(NC(=O)c2cccc(C#N)c2)cc1S(=O)(=O)N1CCOCC1. The Bertz CT molecular complexity index is 1020. The van der Waals surface area contributed by atoms with E-state index in [0.29, 0.717) is 30.0 Å². The first-order chi connectivity index (χ1) is 13.5. The molecule has 1 saturated heterocycles. The molecule has 146 valence electrons. The van der Waals surface area contributed by atoms with E-state index in [2.05, 4.69) is 5.32 Å². The number of carbonyl (C=O) groups excluding carboxylic acids is 1. The van der Waals surface area contributed by atoms with Crippen LogP contribution >= 0.6 is 0 Å². The number of nitriles is 1. The molecular formula is C19H19N3O5S. The van der Waals surface area contributed by atoms with Crippen molar-refractivity contribution in [3.05, 3.63) is 53.6 Å². The average molecular weight is 401 g/mol. The van der Waals surface area contributed by atoms with Crippen molar-refractivity contribution in [3.8, 4) is 11.8 Å². The molecule has 1 aliphatic heterocycles. The Morgan fingerprint density at radius 2 is 1.96 bits per heavy atom. The molecule has 0 bridgehead atoms. The molecule has 0 radical (unpaired) electrons. The monoisotopic (exact) mass is 401 g/mol. The molecule has 0 unspecified atom stereocenters. The van der Waals surface area contributed by atoms with Gasteiger partial charge in [-0.15, -0.1) is 0 Å². The van der Waals surface area contributed by atoms with Crippen LogP contribution in [0.3, 0.4) is 0 Å². The van der Waals surface area contributed by atoms with E-state index < -0.39 is 15.9 Å². The molecule has 1 N–H and O–H groups in total. The molecule has 3 rings (SSSR count). The average Bonchev–Trinajstić information content (AvgIpc) is 2.74. The molecule has 9 heteroatoms. The smallest absolute Gasteiger partial charge is 0.255 e. The lowest BCUT2D eigenvalue weighted by molar-refractivity contribution is 0.0729. The molecular weight excluding hydrogens is 382 g/mol. The van der Waals surface area contributed by atoms with E-state index in [4.69, 9.17) is 14.7 Å². The van der Waals surface area contributed by atoms with Crippen molar-refractivity contribution in [1.29, 1.82) is 5.26 Å². The maximum atomic E-state index is 13.0. The van der Waals surface area contributed by atoms with E-state index in [1.807, 2.05) is 6.07 Å². The van der Waals surface area contributed by atoms with E-state index >= 15 is 0 Å². The quantitative estimate of drug-likeness (QED) is 0.819. The highest BCUT2D eigenvalue weighted by molar-refractivity contribution is 7.89. The topological polar surface area (TPSA) is 109 Å². The zero-order chi connectivity index (χ0) is 20.1. The van der Waals surface area contributed by atoms with E-state index in [0.717, 1.165) is 0 Å². The number of morpholine rings is 1. The van der Waals surface area contributed by atoms with Gasteiger partial charge in [0, 0.05) is 24.3 Å². The molecule has 8 nitrogen and oxygen atoms in total. The Balaban J connectivity index is 1.90. The van der Waals surface area contributed by atoms with Gasteiger partial charge in [-0.25, -0.2) is 8.42 Å². The number of nitrogens with zero attached hydrogens (tertiary/aromatic N) is 2. The van der Waals surface area contributed by atoms with Gasteiger partial charge in [0.1, 0.15) is 10.6 Å². The number of rotatable bonds is 5. The predicted octanol–water partition coefficient (Wildman–Crippen LogP) is 1.84. The van der Waals surface area contributed by atoms with Gasteiger partial charge in [0.05, 0.1) is 32.0 Å². The number of nitrogens with one attached hydrogen (secondary N) is 1. The minimum atomic E-state index is -3.80. The van der Waals surface area contributed by atoms with Crippen molar-refractivity contribution in [2.45, 2.75) is 4.90 Å². The fourth-order valence-corrected chi connectivity index (χ4v) is 4.40. The van der Waals surface area contributed by atoms with Crippen LogP contribution in [0.4, 0.5) is 5.69 Å². The summed E-state index contributed by atoms with van der Waals surface area (Å²) >= 11 is 0. The molecule has 28 heavy (non-hydrogen) atoms. The molecule has 0 spiro atoms. The number of hydrogen-bond acceptors (Lipinski definition) is 6. The lowest BCUT2D eigenvalue weighted by Crippen LogP contribution is -2.40. The summed E-state index contributed by atoms with van der Waals surface area (Å²) in [6.45, 7) is 1.16. The first-order valence-electron chi connectivity index (χ1n) is 8.53. The highest BCUT2D eigenvalue weighted by Crippen LogP contribution is 2.30. The van der Waals surface area contributed by atoms with Gasteiger partial charge in [0.2, 0.25) is 10.0 Å². The molecule has 2 aromatic rings. The van der Waals surface area contributed by atoms with Crippen LogP contribution in [-0.4, -0.2) is 52.0 Å². The van der Waals surface area contributed by atoms with Gasteiger partial charge >= 0.3 is 0 Å². The van der Waals surface area contributed by atoms with Crippen molar-refractivity contribution in [2.75, 3.05) is 38.7 Å². The zero-order valence-electron chi connectivity index (χ0n) is 15.2. The van der Waals surface area contributed by atoms with E-state index in [9.17, 15) is 13.2 Å². The first-order valence-corrected chi connectivity index (χ1v) is 9.97. The van der Waals surface area contributed by atoms with Gasteiger partial charge in [-0.05, 0) is 36.4 Å². The minimum absolute atomic E-state index is 0.0273. The molecule has 0 aromatic heterocycles. The third-order valence-corrected chi connectivity index (χ3v) is 6.18. The fraction of sp³-hybridized carbons (Fsp3) is 0.263. The lowest BCUT2D eigenvalue weighted by atomic mass is 10.1. The second-order valence-corrected chi connectivity index (χ2v) is 7.94. The summed E-state index contributed by atoms with van der Waals surface area (Å²) in [7, 11) is -2.42. The molecule has 1 aliphatic rings. The Hall–Kier alpha value is -2.93. The molecule has 1 amide bonds. The van der Waals surface area contributed by atoms with Gasteiger partial charge in [-0.3, -0.25) is 4.79 Å². The minimum Gasteiger partial charge on any atom is -0.495 e. The largest absolute Gasteiger partial charge is 0.495 e. The van der Waals surface area contributed by atoms with Gasteiger partial charge < -0.3 is 14.8 Å². The maximum absolute atomic E-state index is 13.0. The van der Waals surface area contributed by atoms with Crippen LogP contribution in [0.5, 0.6) is 5.75 Å². The number of hydrogen-bond donors (Lipinski definition) is 1. The molecule has 1 fully saturated rings. The Morgan fingerprint density at radius 1 is 1.21 bits per heavy atom. The molecule has 2 aromatic carbocycles. The first kappa shape index (κ1) is 19.8. The molecule has 0 atom stereocenters. The van der Waals surface area contributed by atoms with Crippen LogP contribution in [0.15, 0.2) is 47.4 Å². The van der Waals surface area contributed by atoms with E-state index in [-0.39, 0.29) is 23.7 Å². The standard InChI is InChI=1S/C19H19N3O5S/c1-26-17-6-5-16(21-19(23)15-4-2-3-14(11-15)13-20)12-18(17)28(24,25)22-7-9-27-10-8-22/h2-6,11-12H,7-10H2,1H3,(H,21,23). The third kappa shape index (κ3) is 4.14. The van der Waals surface area contributed by atoms with Crippen molar-refractivity contribution in [2.24, 2.45) is 0 Å². The summed E-state index contributed by atoms with van der Waals surface area (Å²) in [5.41, 5.74) is 0.963. The predicted molar refractivity (Wildman–Crippen MR) is 102 cm³/mol. The Labute approximate surface area is 163 Å². The Kier molecular flexibility index (Phi) is 5.94. The summed E-state index contributed by atoms with van der Waals surface area (Å²) in [5, 5.41) is 11.6. The molecule has 0 saturated carbocycles. The highest BCUT2D eigenvalue weighted by Gasteiger charge is 2.29. The lowest BCUT2D eigenvalue weighted by Gasteiger charge is -2.26. The summed E-state index contributed by atoms with van der Waals surface area (Å²) in [6.07, 6.45) is 0. The zero-order valence-corrected chi connectivity index (χ0v) is 16.0. The summed E-state index contributed by atoms with van der Waals surface area (Å²) < 4.78 is 37.8. The van der Waals surface area contributed by atoms with Crippen molar-refractivity contribution >= 4 is 21.6 Å². The second kappa shape index (κ2) is 8.39. The van der Waals surface area contributed by atoms with Crippen LogP contribution in [0.2, 0.25) is 0 Å². The van der Waals surface area contributed by atoms with Crippen molar-refractivity contribution < 1.29 is 22.7 Å². The third-order valence-electron chi connectivity index (χ3n) is 4.26. The normalized spacial score (nSPS) is 14.9.